The van der Waals surface area contributed by atoms with Crippen molar-refractivity contribution in [1.29, 1.82) is 0 Å². The van der Waals surface area contributed by atoms with Gasteiger partial charge in [0.1, 0.15) is 5.65 Å². The first-order chi connectivity index (χ1) is 13.6. The Kier molecular flexibility index (Phi) is 4.87. The van der Waals surface area contributed by atoms with Crippen molar-refractivity contribution in [3.8, 4) is 11.1 Å². The van der Waals surface area contributed by atoms with E-state index < -0.39 is 5.56 Å². The number of hydrogen-bond acceptors (Lipinski definition) is 3. The predicted octanol–water partition coefficient (Wildman–Crippen LogP) is 5.14. The number of H-pyrrole nitrogens is 1. The van der Waals surface area contributed by atoms with Gasteiger partial charge in [0.15, 0.2) is 5.78 Å². The zero-order chi connectivity index (χ0) is 19.5. The van der Waals surface area contributed by atoms with Crippen LogP contribution in [-0.4, -0.2) is 15.8 Å². The number of allylic oxidation sites excluding steroid dienone is 1. The molecule has 136 valence electrons. The van der Waals surface area contributed by atoms with Crippen LogP contribution in [0.5, 0.6) is 0 Å². The zero-order valence-corrected chi connectivity index (χ0v) is 15.5. The molecule has 0 aliphatic carbocycles. The monoisotopic (exact) mass is 386 g/mol. The number of carbonyl (C=O) groups excluding carboxylic acids is 1. The molecular formula is C23H15ClN2O2. The maximum atomic E-state index is 13.0. The van der Waals surface area contributed by atoms with Crippen LogP contribution in [0.4, 0.5) is 0 Å². The van der Waals surface area contributed by atoms with Crippen LogP contribution in [-0.2, 0) is 0 Å². The third-order valence-electron chi connectivity index (χ3n) is 4.37. The SMILES string of the molecule is O=C(C=Cc1ccccc1)c1c(-c2ccccc2)c2cc(Cl)cnc2[nH]c1=O. The largest absolute Gasteiger partial charge is 0.306 e. The van der Waals surface area contributed by atoms with Gasteiger partial charge >= 0.3 is 0 Å². The molecule has 0 unspecified atom stereocenters. The van der Waals surface area contributed by atoms with Crippen LogP contribution < -0.4 is 5.56 Å². The number of pyridine rings is 2. The molecule has 1 N–H and O–H groups in total. The number of nitrogens with zero attached hydrogens (tertiary/aromatic N) is 1. The fourth-order valence-electron chi connectivity index (χ4n) is 3.11. The fraction of sp³-hybridized carbons (Fsp3) is 0. The highest BCUT2D eigenvalue weighted by Gasteiger charge is 2.19. The Hall–Kier alpha value is -3.50. The van der Waals surface area contributed by atoms with E-state index >= 15 is 0 Å². The molecule has 0 radical (unpaired) electrons. The summed E-state index contributed by atoms with van der Waals surface area (Å²) in [5.41, 5.74) is 2.12. The molecule has 0 aliphatic heterocycles. The van der Waals surface area contributed by atoms with Gasteiger partial charge < -0.3 is 4.98 Å². The maximum absolute atomic E-state index is 13.0. The molecule has 0 saturated heterocycles. The first kappa shape index (κ1) is 17.9. The molecule has 2 aromatic carbocycles. The molecule has 0 bridgehead atoms. The summed E-state index contributed by atoms with van der Waals surface area (Å²) < 4.78 is 0. The summed E-state index contributed by atoms with van der Waals surface area (Å²) in [7, 11) is 0. The van der Waals surface area contributed by atoms with E-state index in [1.807, 2.05) is 60.7 Å². The molecule has 28 heavy (non-hydrogen) atoms. The van der Waals surface area contributed by atoms with Crippen LogP contribution in [0.3, 0.4) is 0 Å². The van der Waals surface area contributed by atoms with Gasteiger partial charge in [0, 0.05) is 17.1 Å². The summed E-state index contributed by atoms with van der Waals surface area (Å²) in [6, 6.07) is 20.4. The topological polar surface area (TPSA) is 62.8 Å². The average molecular weight is 387 g/mol. The van der Waals surface area contributed by atoms with Gasteiger partial charge in [-0.15, -0.1) is 0 Å². The highest BCUT2D eigenvalue weighted by atomic mass is 35.5. The molecule has 4 aromatic rings. The maximum Gasteiger partial charge on any atom is 0.261 e. The Balaban J connectivity index is 1.95. The molecule has 0 saturated carbocycles. The predicted molar refractivity (Wildman–Crippen MR) is 113 cm³/mol. The molecule has 0 fully saturated rings. The number of ketones is 1. The van der Waals surface area contributed by atoms with Gasteiger partial charge in [-0.05, 0) is 23.3 Å². The Bertz CT molecular complexity index is 1250. The smallest absolute Gasteiger partial charge is 0.261 e. The lowest BCUT2D eigenvalue weighted by molar-refractivity contribution is 0.104. The number of aromatic nitrogens is 2. The van der Waals surface area contributed by atoms with Gasteiger partial charge in [-0.1, -0.05) is 78.3 Å². The number of fused-ring (bicyclic) bond motifs is 1. The van der Waals surface area contributed by atoms with Crippen LogP contribution in [0, 0.1) is 0 Å². The van der Waals surface area contributed by atoms with Crippen molar-refractivity contribution >= 4 is 34.5 Å². The quantitative estimate of drug-likeness (QED) is 0.390. The summed E-state index contributed by atoms with van der Waals surface area (Å²) in [4.78, 5) is 32.7. The van der Waals surface area contributed by atoms with E-state index in [9.17, 15) is 9.59 Å². The number of aromatic amines is 1. The zero-order valence-electron chi connectivity index (χ0n) is 14.7. The highest BCUT2D eigenvalue weighted by molar-refractivity contribution is 6.31. The lowest BCUT2D eigenvalue weighted by Gasteiger charge is -2.11. The average Bonchev–Trinajstić information content (AvgIpc) is 2.73. The van der Waals surface area contributed by atoms with E-state index in [0.717, 1.165) is 11.1 Å². The minimum Gasteiger partial charge on any atom is -0.306 e. The molecule has 2 heterocycles. The van der Waals surface area contributed by atoms with Gasteiger partial charge in [-0.3, -0.25) is 9.59 Å². The third-order valence-corrected chi connectivity index (χ3v) is 4.57. The molecule has 5 heteroatoms. The lowest BCUT2D eigenvalue weighted by Crippen LogP contribution is -2.19. The van der Waals surface area contributed by atoms with Gasteiger partial charge in [-0.25, -0.2) is 4.98 Å². The van der Waals surface area contributed by atoms with Crippen molar-refractivity contribution in [1.82, 2.24) is 9.97 Å². The second kappa shape index (κ2) is 7.62. The summed E-state index contributed by atoms with van der Waals surface area (Å²) in [5, 5.41) is 1.05. The van der Waals surface area contributed by atoms with Crippen LogP contribution in [0.25, 0.3) is 28.2 Å². The number of nitrogens with one attached hydrogen (secondary N) is 1. The van der Waals surface area contributed by atoms with Crippen LogP contribution >= 0.6 is 11.6 Å². The Labute approximate surface area is 166 Å². The number of halogens is 1. The third kappa shape index (κ3) is 3.50. The minimum atomic E-state index is -0.483. The Morgan fingerprint density at radius 1 is 1.00 bits per heavy atom. The van der Waals surface area contributed by atoms with Gasteiger partial charge in [0.25, 0.3) is 5.56 Å². The molecule has 0 amide bonds. The molecule has 4 nitrogen and oxygen atoms in total. The number of carbonyl (C=O) groups is 1. The molecule has 0 atom stereocenters. The second-order valence-corrected chi connectivity index (χ2v) is 6.66. The minimum absolute atomic E-state index is 0.0648. The van der Waals surface area contributed by atoms with E-state index in [-0.39, 0.29) is 11.3 Å². The van der Waals surface area contributed by atoms with Crippen molar-refractivity contribution in [3.63, 3.8) is 0 Å². The fourth-order valence-corrected chi connectivity index (χ4v) is 3.26. The summed E-state index contributed by atoms with van der Waals surface area (Å²) in [6.07, 6.45) is 4.57. The van der Waals surface area contributed by atoms with Crippen LogP contribution in [0.15, 0.2) is 83.8 Å². The standard InChI is InChI=1S/C23H15ClN2O2/c24-17-13-18-20(16-9-5-2-6-10-16)21(23(28)26-22(18)25-14-17)19(27)12-11-15-7-3-1-4-8-15/h1-14H,(H,25,26,28). The lowest BCUT2D eigenvalue weighted by atomic mass is 9.95. The van der Waals surface area contributed by atoms with Gasteiger partial charge in [0.05, 0.1) is 10.6 Å². The summed E-state index contributed by atoms with van der Waals surface area (Å²) >= 11 is 6.14. The number of hydrogen-bond donors (Lipinski definition) is 1. The normalized spacial score (nSPS) is 11.2. The Morgan fingerprint density at radius 3 is 2.39 bits per heavy atom. The van der Waals surface area contributed by atoms with Crippen molar-refractivity contribution in [3.05, 3.63) is 106 Å². The van der Waals surface area contributed by atoms with Crippen molar-refractivity contribution in [2.24, 2.45) is 0 Å². The molecule has 4 rings (SSSR count). The van der Waals surface area contributed by atoms with Gasteiger partial charge in [0.2, 0.25) is 0 Å². The molecular weight excluding hydrogens is 372 g/mol. The van der Waals surface area contributed by atoms with E-state index in [4.69, 9.17) is 11.6 Å². The van der Waals surface area contributed by atoms with E-state index in [1.54, 1.807) is 12.1 Å². The second-order valence-electron chi connectivity index (χ2n) is 6.23. The van der Waals surface area contributed by atoms with E-state index in [0.29, 0.717) is 21.6 Å². The first-order valence-electron chi connectivity index (χ1n) is 8.68. The van der Waals surface area contributed by atoms with E-state index in [1.165, 1.54) is 12.3 Å². The summed E-state index contributed by atoms with van der Waals surface area (Å²) in [5.74, 6) is -0.383. The van der Waals surface area contributed by atoms with Crippen molar-refractivity contribution in [2.75, 3.05) is 0 Å². The van der Waals surface area contributed by atoms with Crippen molar-refractivity contribution < 1.29 is 4.79 Å². The molecule has 0 aliphatic rings. The first-order valence-corrected chi connectivity index (χ1v) is 9.06. The molecule has 2 aromatic heterocycles. The van der Waals surface area contributed by atoms with Crippen LogP contribution in [0.2, 0.25) is 5.02 Å². The van der Waals surface area contributed by atoms with Crippen molar-refractivity contribution in [2.45, 2.75) is 0 Å². The number of benzene rings is 2. The van der Waals surface area contributed by atoms with Gasteiger partial charge in [-0.2, -0.15) is 0 Å². The highest BCUT2D eigenvalue weighted by Crippen LogP contribution is 2.30. The van der Waals surface area contributed by atoms with Crippen LogP contribution in [0.1, 0.15) is 15.9 Å². The number of rotatable bonds is 4. The Morgan fingerprint density at radius 2 is 1.68 bits per heavy atom. The summed E-state index contributed by atoms with van der Waals surface area (Å²) in [6.45, 7) is 0. The van der Waals surface area contributed by atoms with E-state index in [2.05, 4.69) is 9.97 Å². The molecule has 0 spiro atoms.